The number of rotatable bonds is 6. The van der Waals surface area contributed by atoms with E-state index in [2.05, 4.69) is 4.74 Å². The van der Waals surface area contributed by atoms with Gasteiger partial charge in [0.15, 0.2) is 0 Å². The molecular weight excluding hydrogens is 185 g/mol. The smallest absolute Gasteiger partial charge is 0.388 e. The Morgan fingerprint density at radius 3 is 2.38 bits per heavy atom. The van der Waals surface area contributed by atoms with Crippen LogP contribution in [0.4, 0.5) is 13.2 Å². The Morgan fingerprint density at radius 2 is 1.92 bits per heavy atom. The van der Waals surface area contributed by atoms with Crippen LogP contribution in [0.1, 0.15) is 19.3 Å². The number of hydrogen-bond acceptors (Lipinski definition) is 2. The Kier molecular flexibility index (Phi) is 5.45. The Labute approximate surface area is 74.6 Å². The summed E-state index contributed by atoms with van der Waals surface area (Å²) in [5.41, 5.74) is 5.02. The summed E-state index contributed by atoms with van der Waals surface area (Å²) in [7, 11) is 0. The highest BCUT2D eigenvalue weighted by atomic mass is 19.4. The summed E-state index contributed by atoms with van der Waals surface area (Å²) < 4.78 is 39.4. The normalized spacial score (nSPS) is 11.6. The zero-order valence-corrected chi connectivity index (χ0v) is 7.16. The molecule has 0 saturated carbocycles. The predicted molar refractivity (Wildman–Crippen MR) is 42.6 cm³/mol. The van der Waals surface area contributed by atoms with E-state index in [0.717, 1.165) is 0 Å². The molecule has 0 aromatic rings. The summed E-state index contributed by atoms with van der Waals surface area (Å²) in [6.45, 7) is -0.100. The second-order valence-corrected chi connectivity index (χ2v) is 2.61. The van der Waals surface area contributed by atoms with Gasteiger partial charge in [-0.25, -0.2) is 0 Å². The van der Waals surface area contributed by atoms with Crippen molar-refractivity contribution in [2.24, 2.45) is 5.73 Å². The molecule has 78 valence electrons. The first-order chi connectivity index (χ1) is 5.92. The maximum Gasteiger partial charge on any atom is 0.391 e. The molecule has 0 spiro atoms. The molecule has 3 N–H and O–H groups in total. The van der Waals surface area contributed by atoms with Crippen LogP contribution in [0.2, 0.25) is 0 Å². The molecule has 13 heavy (non-hydrogen) atoms. The Bertz CT molecular complexity index is 158. The summed E-state index contributed by atoms with van der Waals surface area (Å²) in [5, 5.41) is 6.82. The van der Waals surface area contributed by atoms with Crippen molar-refractivity contribution in [3.63, 3.8) is 0 Å². The van der Waals surface area contributed by atoms with Crippen LogP contribution in [0.15, 0.2) is 0 Å². The average molecular weight is 198 g/mol. The van der Waals surface area contributed by atoms with Crippen molar-refractivity contribution in [2.75, 3.05) is 13.2 Å². The standard InChI is InChI=1S/C7H13F3N2O/c8-7(9,10)3-5-13-4-1-2-6(11)12/h1-5H2,(H3,11,12). The minimum Gasteiger partial charge on any atom is -0.388 e. The molecule has 3 nitrogen and oxygen atoms in total. The average Bonchev–Trinajstić information content (AvgIpc) is 1.93. The largest absolute Gasteiger partial charge is 0.391 e. The first-order valence-electron chi connectivity index (χ1n) is 3.89. The third-order valence-electron chi connectivity index (χ3n) is 1.26. The summed E-state index contributed by atoms with van der Waals surface area (Å²) >= 11 is 0. The summed E-state index contributed by atoms with van der Waals surface area (Å²) in [6, 6.07) is 0. The topological polar surface area (TPSA) is 59.1 Å². The van der Waals surface area contributed by atoms with Crippen molar-refractivity contribution in [1.29, 1.82) is 5.41 Å². The Morgan fingerprint density at radius 1 is 1.31 bits per heavy atom. The van der Waals surface area contributed by atoms with Crippen LogP contribution in [-0.2, 0) is 4.74 Å². The van der Waals surface area contributed by atoms with Crippen molar-refractivity contribution < 1.29 is 17.9 Å². The third kappa shape index (κ3) is 11.2. The molecule has 0 aliphatic rings. The van der Waals surface area contributed by atoms with E-state index in [9.17, 15) is 13.2 Å². The molecule has 0 aliphatic carbocycles. The van der Waals surface area contributed by atoms with E-state index in [1.54, 1.807) is 0 Å². The highest BCUT2D eigenvalue weighted by Gasteiger charge is 2.26. The van der Waals surface area contributed by atoms with Gasteiger partial charge in [-0.1, -0.05) is 0 Å². The second kappa shape index (κ2) is 5.80. The molecule has 0 amide bonds. The van der Waals surface area contributed by atoms with Gasteiger partial charge in [-0.05, 0) is 6.42 Å². The monoisotopic (exact) mass is 198 g/mol. The molecule has 0 aromatic heterocycles. The molecule has 0 rings (SSSR count). The number of nitrogens with two attached hydrogens (primary N) is 1. The van der Waals surface area contributed by atoms with Gasteiger partial charge in [-0.3, -0.25) is 5.41 Å². The molecule has 0 heterocycles. The van der Waals surface area contributed by atoms with E-state index >= 15 is 0 Å². The fourth-order valence-electron chi connectivity index (χ4n) is 0.655. The lowest BCUT2D eigenvalue weighted by molar-refractivity contribution is -0.145. The maximum absolute atomic E-state index is 11.6. The van der Waals surface area contributed by atoms with Gasteiger partial charge in [0.05, 0.1) is 18.9 Å². The van der Waals surface area contributed by atoms with Gasteiger partial charge < -0.3 is 10.5 Å². The van der Waals surface area contributed by atoms with E-state index in [1.165, 1.54) is 0 Å². The number of ether oxygens (including phenoxy) is 1. The number of hydrogen-bond donors (Lipinski definition) is 2. The van der Waals surface area contributed by atoms with Crippen LogP contribution in [-0.4, -0.2) is 25.2 Å². The van der Waals surface area contributed by atoms with Crippen molar-refractivity contribution in [2.45, 2.75) is 25.4 Å². The SMILES string of the molecule is N=C(N)CCCOCCC(F)(F)F. The lowest BCUT2D eigenvalue weighted by Crippen LogP contribution is -2.13. The molecular formula is C7H13F3N2O. The first-order valence-corrected chi connectivity index (χ1v) is 3.89. The van der Waals surface area contributed by atoms with Gasteiger partial charge in [0, 0.05) is 13.0 Å². The molecule has 0 atom stereocenters. The van der Waals surface area contributed by atoms with Gasteiger partial charge in [-0.15, -0.1) is 0 Å². The lowest BCUT2D eigenvalue weighted by atomic mass is 10.3. The van der Waals surface area contributed by atoms with Crippen molar-refractivity contribution >= 4 is 5.84 Å². The number of halogens is 3. The van der Waals surface area contributed by atoms with Gasteiger partial charge in [0.2, 0.25) is 0 Å². The second-order valence-electron chi connectivity index (χ2n) is 2.61. The molecule has 0 aromatic carbocycles. The highest BCUT2D eigenvalue weighted by Crippen LogP contribution is 2.18. The van der Waals surface area contributed by atoms with Crippen LogP contribution >= 0.6 is 0 Å². The van der Waals surface area contributed by atoms with Crippen LogP contribution in [0.3, 0.4) is 0 Å². The minimum absolute atomic E-state index is 0.0272. The molecule has 0 bridgehead atoms. The minimum atomic E-state index is -4.15. The van der Waals surface area contributed by atoms with E-state index in [1.807, 2.05) is 0 Å². The molecule has 0 saturated heterocycles. The summed E-state index contributed by atoms with van der Waals surface area (Å²) in [5.74, 6) is 0.0272. The fraction of sp³-hybridized carbons (Fsp3) is 0.857. The van der Waals surface area contributed by atoms with E-state index in [-0.39, 0.29) is 19.0 Å². The zero-order valence-electron chi connectivity index (χ0n) is 7.16. The van der Waals surface area contributed by atoms with E-state index in [4.69, 9.17) is 11.1 Å². The Balaban J connectivity index is 3.13. The maximum atomic E-state index is 11.6. The van der Waals surface area contributed by atoms with Gasteiger partial charge in [-0.2, -0.15) is 13.2 Å². The number of amidine groups is 1. The molecule has 0 aliphatic heterocycles. The zero-order chi connectivity index (χ0) is 10.3. The van der Waals surface area contributed by atoms with Crippen molar-refractivity contribution in [3.8, 4) is 0 Å². The lowest BCUT2D eigenvalue weighted by Gasteiger charge is -2.06. The first kappa shape index (κ1) is 12.2. The summed E-state index contributed by atoms with van der Waals surface area (Å²) in [4.78, 5) is 0. The fourth-order valence-corrected chi connectivity index (χ4v) is 0.655. The Hall–Kier alpha value is -0.780. The van der Waals surface area contributed by atoms with Crippen LogP contribution in [0.5, 0.6) is 0 Å². The van der Waals surface area contributed by atoms with Crippen LogP contribution in [0, 0.1) is 5.41 Å². The van der Waals surface area contributed by atoms with Crippen LogP contribution in [0.25, 0.3) is 0 Å². The molecule has 0 fully saturated rings. The van der Waals surface area contributed by atoms with Gasteiger partial charge in [0.25, 0.3) is 0 Å². The molecule has 0 radical (unpaired) electrons. The highest BCUT2D eigenvalue weighted by molar-refractivity contribution is 5.76. The quantitative estimate of drug-likeness (QED) is 0.387. The summed E-state index contributed by atoms with van der Waals surface area (Å²) in [6.07, 6.45) is -4.22. The van der Waals surface area contributed by atoms with E-state index < -0.39 is 12.6 Å². The predicted octanol–water partition coefficient (Wildman–Crippen LogP) is 1.67. The third-order valence-corrected chi connectivity index (χ3v) is 1.26. The van der Waals surface area contributed by atoms with Crippen LogP contribution < -0.4 is 5.73 Å². The number of nitrogens with one attached hydrogen (secondary N) is 1. The van der Waals surface area contributed by atoms with Gasteiger partial charge in [0.1, 0.15) is 0 Å². The van der Waals surface area contributed by atoms with E-state index in [0.29, 0.717) is 12.8 Å². The van der Waals surface area contributed by atoms with Crippen molar-refractivity contribution in [3.05, 3.63) is 0 Å². The molecule has 6 heteroatoms. The number of alkyl halides is 3. The van der Waals surface area contributed by atoms with Crippen molar-refractivity contribution in [1.82, 2.24) is 0 Å². The molecule has 0 unspecified atom stereocenters. The van der Waals surface area contributed by atoms with Gasteiger partial charge >= 0.3 is 6.18 Å².